The van der Waals surface area contributed by atoms with E-state index < -0.39 is 0 Å². The van der Waals surface area contributed by atoms with Crippen molar-refractivity contribution in [3.05, 3.63) is 22.4 Å². The molecular formula is C13H18N2O2S2. The Balaban J connectivity index is 1.86. The van der Waals surface area contributed by atoms with Crippen LogP contribution in [0.25, 0.3) is 0 Å². The van der Waals surface area contributed by atoms with Gasteiger partial charge in [-0.2, -0.15) is 11.8 Å². The molecule has 0 spiro atoms. The van der Waals surface area contributed by atoms with Gasteiger partial charge in [0.15, 0.2) is 0 Å². The fourth-order valence-corrected chi connectivity index (χ4v) is 4.27. The molecule has 19 heavy (non-hydrogen) atoms. The van der Waals surface area contributed by atoms with Gasteiger partial charge < -0.3 is 10.2 Å². The first-order chi connectivity index (χ1) is 9.16. The summed E-state index contributed by atoms with van der Waals surface area (Å²) in [7, 11) is 0. The van der Waals surface area contributed by atoms with Crippen LogP contribution >= 0.6 is 23.1 Å². The van der Waals surface area contributed by atoms with Crippen molar-refractivity contribution in [1.82, 2.24) is 10.2 Å². The lowest BCUT2D eigenvalue weighted by atomic mass is 10.2. The molecule has 2 heterocycles. The van der Waals surface area contributed by atoms with Crippen molar-refractivity contribution in [1.29, 1.82) is 0 Å². The summed E-state index contributed by atoms with van der Waals surface area (Å²) in [6.07, 6.45) is 0.983. The van der Waals surface area contributed by atoms with E-state index in [4.69, 9.17) is 0 Å². The summed E-state index contributed by atoms with van der Waals surface area (Å²) in [5.74, 6) is 0.811. The number of nitrogens with zero attached hydrogens (tertiary/aromatic N) is 1. The SMILES string of the molecule is CC(=O)NCC(=O)N1CCS[C@@H](c2cccs2)CC1. The highest BCUT2D eigenvalue weighted by molar-refractivity contribution is 7.99. The maximum absolute atomic E-state index is 12.0. The van der Waals surface area contributed by atoms with Crippen LogP contribution in [-0.4, -0.2) is 42.1 Å². The smallest absolute Gasteiger partial charge is 0.241 e. The molecule has 2 amide bonds. The largest absolute Gasteiger partial charge is 0.347 e. The van der Waals surface area contributed by atoms with Crippen LogP contribution in [-0.2, 0) is 9.59 Å². The second kappa shape index (κ2) is 6.96. The summed E-state index contributed by atoms with van der Waals surface area (Å²) >= 11 is 3.70. The number of amides is 2. The van der Waals surface area contributed by atoms with Crippen molar-refractivity contribution < 1.29 is 9.59 Å². The van der Waals surface area contributed by atoms with Gasteiger partial charge in [-0.1, -0.05) is 6.07 Å². The minimum absolute atomic E-state index is 0.0163. The Hall–Kier alpha value is -1.01. The van der Waals surface area contributed by atoms with E-state index in [-0.39, 0.29) is 18.4 Å². The number of rotatable bonds is 3. The van der Waals surface area contributed by atoms with Crippen molar-refractivity contribution in [3.8, 4) is 0 Å². The Bertz CT molecular complexity index is 434. The Morgan fingerprint density at radius 3 is 3.00 bits per heavy atom. The summed E-state index contributed by atoms with van der Waals surface area (Å²) in [5, 5.41) is 5.16. The molecule has 4 nitrogen and oxygen atoms in total. The van der Waals surface area contributed by atoms with Gasteiger partial charge in [0.05, 0.1) is 6.54 Å². The molecule has 0 aromatic carbocycles. The molecule has 0 saturated carbocycles. The third-order valence-corrected chi connectivity index (χ3v) is 5.49. The van der Waals surface area contributed by atoms with Crippen LogP contribution in [0.4, 0.5) is 0 Å². The zero-order valence-corrected chi connectivity index (χ0v) is 12.6. The number of nitrogens with one attached hydrogen (secondary N) is 1. The lowest BCUT2D eigenvalue weighted by Crippen LogP contribution is -2.40. The van der Waals surface area contributed by atoms with Gasteiger partial charge in [0.1, 0.15) is 0 Å². The fraction of sp³-hybridized carbons (Fsp3) is 0.538. The van der Waals surface area contributed by atoms with Gasteiger partial charge in [-0.15, -0.1) is 11.3 Å². The molecule has 1 aliphatic heterocycles. The first kappa shape index (κ1) is 14.4. The predicted octanol–water partition coefficient (Wildman–Crippen LogP) is 1.89. The summed E-state index contributed by atoms with van der Waals surface area (Å²) in [4.78, 5) is 26.0. The third-order valence-electron chi connectivity index (χ3n) is 3.04. The molecule has 2 rings (SSSR count). The molecule has 0 aliphatic carbocycles. The van der Waals surface area contributed by atoms with Gasteiger partial charge in [-0.05, 0) is 17.9 Å². The van der Waals surface area contributed by atoms with Gasteiger partial charge in [-0.25, -0.2) is 0 Å². The van der Waals surface area contributed by atoms with Gasteiger partial charge in [0, 0.05) is 35.9 Å². The Labute approximate surface area is 121 Å². The zero-order chi connectivity index (χ0) is 13.7. The lowest BCUT2D eigenvalue weighted by Gasteiger charge is -2.20. The van der Waals surface area contributed by atoms with Gasteiger partial charge >= 0.3 is 0 Å². The van der Waals surface area contributed by atoms with E-state index in [1.807, 2.05) is 16.7 Å². The second-order valence-electron chi connectivity index (χ2n) is 4.45. The number of carbonyl (C=O) groups is 2. The highest BCUT2D eigenvalue weighted by Crippen LogP contribution is 2.36. The minimum Gasteiger partial charge on any atom is -0.347 e. The van der Waals surface area contributed by atoms with Crippen LogP contribution < -0.4 is 5.32 Å². The molecule has 1 aromatic heterocycles. The second-order valence-corrected chi connectivity index (χ2v) is 6.74. The number of hydrogen-bond acceptors (Lipinski definition) is 4. The van der Waals surface area contributed by atoms with Gasteiger partial charge in [-0.3, -0.25) is 9.59 Å². The summed E-state index contributed by atoms with van der Waals surface area (Å²) < 4.78 is 0. The monoisotopic (exact) mass is 298 g/mol. The first-order valence-corrected chi connectivity index (χ1v) is 8.27. The Morgan fingerprint density at radius 1 is 1.47 bits per heavy atom. The van der Waals surface area contributed by atoms with Crippen LogP contribution in [0.5, 0.6) is 0 Å². The van der Waals surface area contributed by atoms with Crippen LogP contribution in [0.15, 0.2) is 17.5 Å². The van der Waals surface area contributed by atoms with Crippen molar-refractivity contribution in [2.24, 2.45) is 0 Å². The number of thiophene rings is 1. The molecule has 1 saturated heterocycles. The van der Waals surface area contributed by atoms with Crippen molar-refractivity contribution in [2.75, 3.05) is 25.4 Å². The van der Waals surface area contributed by atoms with Crippen molar-refractivity contribution in [3.63, 3.8) is 0 Å². The molecule has 104 valence electrons. The van der Waals surface area contributed by atoms with Crippen molar-refractivity contribution in [2.45, 2.75) is 18.6 Å². The quantitative estimate of drug-likeness (QED) is 0.927. The Kier molecular flexibility index (Phi) is 5.27. The van der Waals surface area contributed by atoms with E-state index in [1.165, 1.54) is 11.8 Å². The standard InChI is InChI=1S/C13H18N2O2S2/c1-10(16)14-9-13(17)15-5-4-12(19-8-6-15)11-3-2-7-18-11/h2-3,7,12H,4-6,8-9H2,1H3,(H,14,16)/t12-/m1/s1. The van der Waals surface area contributed by atoms with Crippen LogP contribution in [0.3, 0.4) is 0 Å². The number of thioether (sulfide) groups is 1. The highest BCUT2D eigenvalue weighted by atomic mass is 32.2. The maximum atomic E-state index is 12.0. The Morgan fingerprint density at radius 2 is 2.32 bits per heavy atom. The molecule has 0 bridgehead atoms. The van der Waals surface area contributed by atoms with E-state index in [9.17, 15) is 9.59 Å². The molecule has 0 radical (unpaired) electrons. The normalized spacial score (nSPS) is 19.8. The average molecular weight is 298 g/mol. The van der Waals surface area contributed by atoms with E-state index in [2.05, 4.69) is 22.8 Å². The topological polar surface area (TPSA) is 49.4 Å². The van der Waals surface area contributed by atoms with E-state index >= 15 is 0 Å². The first-order valence-electron chi connectivity index (χ1n) is 6.34. The molecule has 1 atom stereocenters. The lowest BCUT2D eigenvalue weighted by molar-refractivity contribution is -0.132. The number of hydrogen-bond donors (Lipinski definition) is 1. The zero-order valence-electron chi connectivity index (χ0n) is 10.9. The highest BCUT2D eigenvalue weighted by Gasteiger charge is 2.22. The van der Waals surface area contributed by atoms with Gasteiger partial charge in [0.25, 0.3) is 0 Å². The van der Waals surface area contributed by atoms with Crippen LogP contribution in [0.2, 0.25) is 0 Å². The molecule has 0 unspecified atom stereocenters. The molecular weight excluding hydrogens is 280 g/mol. The molecule has 1 fully saturated rings. The third kappa shape index (κ3) is 4.24. The predicted molar refractivity (Wildman–Crippen MR) is 79.4 cm³/mol. The van der Waals surface area contributed by atoms with Crippen molar-refractivity contribution >= 4 is 34.9 Å². The molecule has 1 aromatic rings. The van der Waals surface area contributed by atoms with Gasteiger partial charge in [0.2, 0.25) is 11.8 Å². The van der Waals surface area contributed by atoms with E-state index in [0.29, 0.717) is 5.25 Å². The minimum atomic E-state index is -0.158. The average Bonchev–Trinajstić information content (AvgIpc) is 2.80. The fourth-order valence-electron chi connectivity index (χ4n) is 2.03. The van der Waals surface area contributed by atoms with Crippen LogP contribution in [0.1, 0.15) is 23.5 Å². The molecule has 1 aliphatic rings. The van der Waals surface area contributed by atoms with Crippen LogP contribution in [0, 0.1) is 0 Å². The number of carbonyl (C=O) groups excluding carboxylic acids is 2. The maximum Gasteiger partial charge on any atom is 0.241 e. The molecule has 1 N–H and O–H groups in total. The van der Waals surface area contributed by atoms with E-state index in [0.717, 1.165) is 25.3 Å². The summed E-state index contributed by atoms with van der Waals surface area (Å²) in [6.45, 7) is 3.08. The summed E-state index contributed by atoms with van der Waals surface area (Å²) in [5.41, 5.74) is 0. The molecule has 6 heteroatoms. The van der Waals surface area contributed by atoms with E-state index in [1.54, 1.807) is 11.3 Å². The summed E-state index contributed by atoms with van der Waals surface area (Å²) in [6, 6.07) is 4.24.